The summed E-state index contributed by atoms with van der Waals surface area (Å²) in [5.41, 5.74) is 6.02. The van der Waals surface area contributed by atoms with Crippen LogP contribution < -0.4 is 5.73 Å². The average molecular weight is 175 g/mol. The highest BCUT2D eigenvalue weighted by Gasteiger charge is 1.87. The molecule has 4 nitrogen and oxygen atoms in total. The van der Waals surface area contributed by atoms with Crippen LogP contribution in [0, 0.1) is 4.91 Å². The summed E-state index contributed by atoms with van der Waals surface area (Å²) < 4.78 is 0. The number of nitrogens with zero attached hydrogens (tertiary/aromatic N) is 1. The molecule has 60 valence electrons. The molecule has 0 aliphatic heterocycles. The van der Waals surface area contributed by atoms with E-state index in [-0.39, 0.29) is 0 Å². The summed E-state index contributed by atoms with van der Waals surface area (Å²) in [6, 6.07) is 7.22. The van der Waals surface area contributed by atoms with Gasteiger partial charge in [0, 0.05) is 0 Å². The summed E-state index contributed by atoms with van der Waals surface area (Å²) in [6.45, 7) is 0. The SMILES string of the molecule is Nc1ccccc1Cl.O=NO. The fraction of sp³-hybridized carbons (Fsp3) is 0. The molecule has 0 atom stereocenters. The van der Waals surface area contributed by atoms with Crippen molar-refractivity contribution in [2.24, 2.45) is 5.34 Å². The van der Waals surface area contributed by atoms with Crippen LogP contribution >= 0.6 is 11.6 Å². The van der Waals surface area contributed by atoms with Gasteiger partial charge in [-0.25, -0.2) is 0 Å². The van der Waals surface area contributed by atoms with Crippen molar-refractivity contribution in [1.29, 1.82) is 0 Å². The Morgan fingerprint density at radius 1 is 1.45 bits per heavy atom. The number of para-hydroxylation sites is 1. The van der Waals surface area contributed by atoms with Gasteiger partial charge in [-0.3, -0.25) is 0 Å². The predicted octanol–water partition coefficient (Wildman–Crippen LogP) is 2.06. The largest absolute Gasteiger partial charge is 0.398 e. The lowest BCUT2D eigenvalue weighted by molar-refractivity contribution is 0.312. The molecule has 0 aliphatic rings. The topological polar surface area (TPSA) is 75.7 Å². The van der Waals surface area contributed by atoms with Crippen LogP contribution in [0.2, 0.25) is 5.02 Å². The van der Waals surface area contributed by atoms with E-state index in [1.165, 1.54) is 5.34 Å². The maximum absolute atomic E-state index is 8.11. The van der Waals surface area contributed by atoms with Crippen LogP contribution in [0.1, 0.15) is 0 Å². The highest BCUT2D eigenvalue weighted by atomic mass is 35.5. The lowest BCUT2D eigenvalue weighted by atomic mass is 10.3. The number of hydrogen-bond acceptors (Lipinski definition) is 3. The van der Waals surface area contributed by atoms with Crippen molar-refractivity contribution in [3.05, 3.63) is 34.2 Å². The number of nitrogens with two attached hydrogens (primary N) is 1. The summed E-state index contributed by atoms with van der Waals surface area (Å²) in [4.78, 5) is 8.11. The lowest BCUT2D eigenvalue weighted by Gasteiger charge is -1.91. The highest BCUT2D eigenvalue weighted by molar-refractivity contribution is 6.33. The number of halogens is 1. The lowest BCUT2D eigenvalue weighted by Crippen LogP contribution is -1.82. The van der Waals surface area contributed by atoms with Crippen molar-refractivity contribution in [2.75, 3.05) is 5.73 Å². The van der Waals surface area contributed by atoms with Crippen LogP contribution in [-0.4, -0.2) is 5.21 Å². The molecule has 0 bridgehead atoms. The number of nitrogen functional groups attached to an aromatic ring is 1. The molecule has 11 heavy (non-hydrogen) atoms. The van der Waals surface area contributed by atoms with E-state index in [9.17, 15) is 0 Å². The quantitative estimate of drug-likeness (QED) is 0.359. The number of rotatable bonds is 0. The van der Waals surface area contributed by atoms with E-state index < -0.39 is 0 Å². The van der Waals surface area contributed by atoms with Crippen LogP contribution in [0.25, 0.3) is 0 Å². The van der Waals surface area contributed by atoms with E-state index in [2.05, 4.69) is 0 Å². The number of anilines is 1. The number of hydrogen-bond donors (Lipinski definition) is 2. The molecule has 0 spiro atoms. The van der Waals surface area contributed by atoms with Gasteiger partial charge < -0.3 is 10.9 Å². The first kappa shape index (κ1) is 9.71. The Morgan fingerprint density at radius 2 is 1.91 bits per heavy atom. The smallest absolute Gasteiger partial charge is 0.152 e. The second-order valence-electron chi connectivity index (χ2n) is 1.60. The van der Waals surface area contributed by atoms with Crippen LogP contribution in [0.3, 0.4) is 0 Å². The minimum atomic E-state index is 0.618. The molecule has 0 radical (unpaired) electrons. The normalized spacial score (nSPS) is 7.73. The Morgan fingerprint density at radius 3 is 2.18 bits per heavy atom. The fourth-order valence-corrected chi connectivity index (χ4v) is 0.611. The maximum atomic E-state index is 8.11. The third-order valence-electron chi connectivity index (χ3n) is 0.905. The Balaban J connectivity index is 0.000000292. The predicted molar refractivity (Wildman–Crippen MR) is 43.4 cm³/mol. The summed E-state index contributed by atoms with van der Waals surface area (Å²) in [6.07, 6.45) is 0. The molecule has 0 aromatic heterocycles. The maximum Gasteiger partial charge on any atom is 0.152 e. The molecule has 0 heterocycles. The van der Waals surface area contributed by atoms with Crippen LogP contribution in [-0.2, 0) is 0 Å². The second kappa shape index (κ2) is 5.49. The first-order chi connectivity index (χ1) is 5.22. The Bertz CT molecular complexity index is 209. The van der Waals surface area contributed by atoms with Gasteiger partial charge in [0.05, 0.1) is 10.7 Å². The van der Waals surface area contributed by atoms with Crippen molar-refractivity contribution < 1.29 is 5.21 Å². The fourth-order valence-electron chi connectivity index (χ4n) is 0.475. The van der Waals surface area contributed by atoms with E-state index in [1.807, 2.05) is 12.1 Å². The first-order valence-corrected chi connectivity index (χ1v) is 3.07. The summed E-state index contributed by atoms with van der Waals surface area (Å²) in [5, 5.41) is 8.51. The molecule has 0 saturated heterocycles. The third kappa shape index (κ3) is 4.16. The van der Waals surface area contributed by atoms with Crippen molar-refractivity contribution in [3.8, 4) is 0 Å². The van der Waals surface area contributed by atoms with Gasteiger partial charge in [0.1, 0.15) is 0 Å². The van der Waals surface area contributed by atoms with Gasteiger partial charge >= 0.3 is 0 Å². The molecular weight excluding hydrogens is 168 g/mol. The second-order valence-corrected chi connectivity index (χ2v) is 2.01. The van der Waals surface area contributed by atoms with Crippen LogP contribution in [0.4, 0.5) is 5.69 Å². The Labute approximate surface area is 68.5 Å². The van der Waals surface area contributed by atoms with Crippen molar-refractivity contribution in [1.82, 2.24) is 0 Å². The average Bonchev–Trinajstić information content (AvgIpc) is 1.97. The summed E-state index contributed by atoms with van der Waals surface area (Å²) in [7, 11) is 0. The molecule has 1 rings (SSSR count). The van der Waals surface area contributed by atoms with Gasteiger partial charge in [-0.2, -0.15) is 0 Å². The third-order valence-corrected chi connectivity index (χ3v) is 1.25. The molecule has 5 heteroatoms. The van der Waals surface area contributed by atoms with Crippen LogP contribution in [0.5, 0.6) is 0 Å². The van der Waals surface area contributed by atoms with E-state index >= 15 is 0 Å². The van der Waals surface area contributed by atoms with Crippen molar-refractivity contribution >= 4 is 17.3 Å². The van der Waals surface area contributed by atoms with Gasteiger partial charge in [0.2, 0.25) is 0 Å². The minimum absolute atomic E-state index is 0.618. The van der Waals surface area contributed by atoms with Gasteiger partial charge in [0.25, 0.3) is 0 Å². The zero-order valence-corrected chi connectivity index (χ0v) is 6.32. The molecule has 0 saturated carbocycles. The van der Waals surface area contributed by atoms with Gasteiger partial charge in [-0.05, 0) is 12.1 Å². The Hall–Kier alpha value is -1.29. The molecule has 3 N–H and O–H groups in total. The van der Waals surface area contributed by atoms with Gasteiger partial charge in [0.15, 0.2) is 5.34 Å². The van der Waals surface area contributed by atoms with E-state index in [0.717, 1.165) is 0 Å². The molecule has 0 unspecified atom stereocenters. The first-order valence-electron chi connectivity index (χ1n) is 2.69. The highest BCUT2D eigenvalue weighted by Crippen LogP contribution is 2.15. The van der Waals surface area contributed by atoms with E-state index in [0.29, 0.717) is 10.7 Å². The molecule has 1 aromatic rings. The molecular formula is C6H7ClN2O2. The Kier molecular flexibility index (Phi) is 4.85. The molecule has 0 aliphatic carbocycles. The molecule has 1 aromatic carbocycles. The number of benzene rings is 1. The summed E-state index contributed by atoms with van der Waals surface area (Å²) in [5.74, 6) is 0. The van der Waals surface area contributed by atoms with E-state index in [4.69, 9.17) is 27.4 Å². The van der Waals surface area contributed by atoms with Gasteiger partial charge in [-0.1, -0.05) is 23.7 Å². The minimum Gasteiger partial charge on any atom is -0.398 e. The van der Waals surface area contributed by atoms with Crippen LogP contribution in [0.15, 0.2) is 29.6 Å². The van der Waals surface area contributed by atoms with E-state index in [1.54, 1.807) is 12.1 Å². The zero-order chi connectivity index (χ0) is 8.69. The molecule has 0 amide bonds. The standard InChI is InChI=1S/C6H6ClN.HNO2/c7-5-3-1-2-4-6(5)8;2-1-3/h1-4H,8H2;(H,2,3). The summed E-state index contributed by atoms with van der Waals surface area (Å²) >= 11 is 5.58. The van der Waals surface area contributed by atoms with Crippen molar-refractivity contribution in [3.63, 3.8) is 0 Å². The van der Waals surface area contributed by atoms with Gasteiger partial charge in [-0.15, -0.1) is 4.91 Å². The monoisotopic (exact) mass is 174 g/mol. The zero-order valence-electron chi connectivity index (χ0n) is 5.57. The van der Waals surface area contributed by atoms with Crippen molar-refractivity contribution in [2.45, 2.75) is 0 Å². The molecule has 0 fully saturated rings.